The number of aromatic nitrogens is 1. The summed E-state index contributed by atoms with van der Waals surface area (Å²) in [6, 6.07) is 1.35. The molecule has 0 saturated heterocycles. The second kappa shape index (κ2) is 4.06. The third-order valence-electron chi connectivity index (χ3n) is 1.59. The molecule has 6 heteroatoms. The fourth-order valence-electron chi connectivity index (χ4n) is 1.02. The summed E-state index contributed by atoms with van der Waals surface area (Å²) in [6.07, 6.45) is 2.32. The van der Waals surface area contributed by atoms with E-state index < -0.39 is 9.84 Å². The first-order valence-corrected chi connectivity index (χ1v) is 6.32. The second-order valence-corrected chi connectivity index (χ2v) is 5.49. The van der Waals surface area contributed by atoms with Crippen molar-refractivity contribution in [3.8, 4) is 5.88 Å². The lowest BCUT2D eigenvalue weighted by Gasteiger charge is -2.12. The maximum Gasteiger partial charge on any atom is 0.232 e. The van der Waals surface area contributed by atoms with E-state index in [0.717, 1.165) is 6.26 Å². The van der Waals surface area contributed by atoms with Crippen molar-refractivity contribution in [3.05, 3.63) is 12.3 Å². The normalized spacial score (nSPS) is 11.7. The third-order valence-corrected chi connectivity index (χ3v) is 2.68. The Morgan fingerprint density at radius 3 is 2.53 bits per heavy atom. The molecule has 0 aliphatic heterocycles. The number of anilines is 1. The van der Waals surface area contributed by atoms with Crippen LogP contribution in [-0.4, -0.2) is 25.8 Å². The predicted octanol–water partition coefficient (Wildman–Crippen LogP) is 0.854. The highest BCUT2D eigenvalue weighted by atomic mass is 32.2. The van der Waals surface area contributed by atoms with Crippen LogP contribution in [0.5, 0.6) is 5.88 Å². The van der Waals surface area contributed by atoms with Crippen LogP contribution >= 0.6 is 0 Å². The number of nitrogen functional groups attached to an aromatic ring is 1. The summed E-state index contributed by atoms with van der Waals surface area (Å²) in [6.45, 7) is 3.59. The van der Waals surface area contributed by atoms with E-state index in [4.69, 9.17) is 10.5 Å². The number of hydrogen-bond donors (Lipinski definition) is 1. The molecule has 0 saturated carbocycles. The Kier molecular flexibility index (Phi) is 3.18. The summed E-state index contributed by atoms with van der Waals surface area (Å²) >= 11 is 0. The van der Waals surface area contributed by atoms with Gasteiger partial charge in [-0.05, 0) is 19.9 Å². The number of nitrogens with two attached hydrogens (primary N) is 1. The lowest BCUT2D eigenvalue weighted by molar-refractivity contribution is 0.226. The third kappa shape index (κ3) is 3.09. The minimum absolute atomic E-state index is 0.0243. The molecule has 2 N–H and O–H groups in total. The first-order chi connectivity index (χ1) is 6.80. The van der Waals surface area contributed by atoms with Gasteiger partial charge in [-0.2, -0.15) is 0 Å². The Hall–Kier alpha value is -1.30. The fourth-order valence-corrected chi connectivity index (χ4v) is 1.79. The van der Waals surface area contributed by atoms with Crippen molar-refractivity contribution in [2.24, 2.45) is 0 Å². The largest absolute Gasteiger partial charge is 0.474 e. The molecule has 1 rings (SSSR count). The maximum atomic E-state index is 11.4. The SMILES string of the molecule is CC(C)Oc1ncc(N)cc1S(C)(=O)=O. The monoisotopic (exact) mass is 230 g/mol. The van der Waals surface area contributed by atoms with Gasteiger partial charge in [0.2, 0.25) is 5.88 Å². The predicted molar refractivity (Wildman–Crippen MR) is 57.5 cm³/mol. The molecule has 0 aliphatic rings. The van der Waals surface area contributed by atoms with Gasteiger partial charge >= 0.3 is 0 Å². The van der Waals surface area contributed by atoms with Crippen LogP contribution in [0.25, 0.3) is 0 Å². The van der Waals surface area contributed by atoms with Crippen molar-refractivity contribution in [1.82, 2.24) is 4.98 Å². The van der Waals surface area contributed by atoms with Crippen LogP contribution in [-0.2, 0) is 9.84 Å². The zero-order valence-electron chi connectivity index (χ0n) is 8.89. The van der Waals surface area contributed by atoms with Crippen molar-refractivity contribution in [2.75, 3.05) is 12.0 Å². The van der Waals surface area contributed by atoms with E-state index in [0.29, 0.717) is 5.69 Å². The van der Waals surface area contributed by atoms with Gasteiger partial charge in [-0.3, -0.25) is 0 Å². The quantitative estimate of drug-likeness (QED) is 0.832. The molecule has 1 aromatic rings. The molecular formula is C9H14N2O3S. The number of nitrogens with zero attached hydrogens (tertiary/aromatic N) is 1. The van der Waals surface area contributed by atoms with Crippen molar-refractivity contribution in [2.45, 2.75) is 24.8 Å². The van der Waals surface area contributed by atoms with E-state index in [1.54, 1.807) is 13.8 Å². The van der Waals surface area contributed by atoms with Gasteiger partial charge in [0.1, 0.15) is 4.90 Å². The Balaban J connectivity index is 3.27. The summed E-state index contributed by atoms with van der Waals surface area (Å²) in [5.74, 6) is 0.0988. The zero-order valence-corrected chi connectivity index (χ0v) is 9.71. The van der Waals surface area contributed by atoms with Crippen molar-refractivity contribution < 1.29 is 13.2 Å². The summed E-state index contributed by atoms with van der Waals surface area (Å²) in [5, 5.41) is 0. The molecular weight excluding hydrogens is 216 g/mol. The molecule has 1 aromatic heterocycles. The molecule has 0 fully saturated rings. The lowest BCUT2D eigenvalue weighted by Crippen LogP contribution is -2.11. The summed E-state index contributed by atoms with van der Waals surface area (Å²) in [5.41, 5.74) is 5.77. The van der Waals surface area contributed by atoms with Crippen LogP contribution in [0.4, 0.5) is 5.69 Å². The van der Waals surface area contributed by atoms with E-state index in [-0.39, 0.29) is 16.9 Å². The number of ether oxygens (including phenoxy) is 1. The van der Waals surface area contributed by atoms with Gasteiger partial charge in [0.15, 0.2) is 9.84 Å². The van der Waals surface area contributed by atoms with Gasteiger partial charge in [-0.25, -0.2) is 13.4 Å². The first-order valence-electron chi connectivity index (χ1n) is 4.43. The Bertz CT molecular complexity index is 454. The van der Waals surface area contributed by atoms with E-state index in [9.17, 15) is 8.42 Å². The summed E-state index contributed by atoms with van der Waals surface area (Å²) < 4.78 is 28.1. The Morgan fingerprint density at radius 2 is 2.07 bits per heavy atom. The highest BCUT2D eigenvalue weighted by Gasteiger charge is 2.17. The standard InChI is InChI=1S/C9H14N2O3S/c1-6(2)14-9-8(15(3,12)13)4-7(10)5-11-9/h4-6H,10H2,1-3H3. The molecule has 0 radical (unpaired) electrons. The van der Waals surface area contributed by atoms with E-state index in [2.05, 4.69) is 4.98 Å². The number of hydrogen-bond acceptors (Lipinski definition) is 5. The molecule has 84 valence electrons. The highest BCUT2D eigenvalue weighted by Crippen LogP contribution is 2.23. The molecule has 5 nitrogen and oxygen atoms in total. The Labute approximate surface area is 89.2 Å². The lowest BCUT2D eigenvalue weighted by atomic mass is 10.4. The topological polar surface area (TPSA) is 82.3 Å². The zero-order chi connectivity index (χ0) is 11.6. The van der Waals surface area contributed by atoms with Crippen LogP contribution in [0.2, 0.25) is 0 Å². The van der Waals surface area contributed by atoms with E-state index >= 15 is 0 Å². The van der Waals surface area contributed by atoms with Gasteiger partial charge in [-0.15, -0.1) is 0 Å². The number of pyridine rings is 1. The smallest absolute Gasteiger partial charge is 0.232 e. The first kappa shape index (κ1) is 11.8. The average molecular weight is 230 g/mol. The minimum atomic E-state index is -3.37. The van der Waals surface area contributed by atoms with Gasteiger partial charge < -0.3 is 10.5 Å². The van der Waals surface area contributed by atoms with Crippen molar-refractivity contribution in [1.29, 1.82) is 0 Å². The molecule has 0 aliphatic carbocycles. The van der Waals surface area contributed by atoms with Crippen LogP contribution in [0, 0.1) is 0 Å². The van der Waals surface area contributed by atoms with E-state index in [1.807, 2.05) is 0 Å². The maximum absolute atomic E-state index is 11.4. The van der Waals surface area contributed by atoms with E-state index in [1.165, 1.54) is 12.3 Å². The fraction of sp³-hybridized carbons (Fsp3) is 0.444. The average Bonchev–Trinajstić information content (AvgIpc) is 2.05. The van der Waals surface area contributed by atoms with Crippen LogP contribution in [0.15, 0.2) is 17.2 Å². The number of sulfone groups is 1. The Morgan fingerprint density at radius 1 is 1.47 bits per heavy atom. The van der Waals surface area contributed by atoms with Crippen LogP contribution in [0.1, 0.15) is 13.8 Å². The van der Waals surface area contributed by atoms with Crippen LogP contribution in [0.3, 0.4) is 0 Å². The van der Waals surface area contributed by atoms with Crippen molar-refractivity contribution in [3.63, 3.8) is 0 Å². The molecule has 0 aromatic carbocycles. The molecule has 0 bridgehead atoms. The van der Waals surface area contributed by atoms with Gasteiger partial charge in [0.25, 0.3) is 0 Å². The molecule has 0 atom stereocenters. The number of rotatable bonds is 3. The summed E-state index contributed by atoms with van der Waals surface area (Å²) in [7, 11) is -3.37. The molecule has 0 spiro atoms. The van der Waals surface area contributed by atoms with Gasteiger partial charge in [0, 0.05) is 6.26 Å². The summed E-state index contributed by atoms with van der Waals surface area (Å²) in [4.78, 5) is 3.88. The minimum Gasteiger partial charge on any atom is -0.474 e. The molecule has 0 amide bonds. The molecule has 15 heavy (non-hydrogen) atoms. The van der Waals surface area contributed by atoms with Gasteiger partial charge in [-0.1, -0.05) is 0 Å². The van der Waals surface area contributed by atoms with Gasteiger partial charge in [0.05, 0.1) is 18.0 Å². The van der Waals surface area contributed by atoms with Crippen LogP contribution < -0.4 is 10.5 Å². The second-order valence-electron chi connectivity index (χ2n) is 3.51. The molecule has 1 heterocycles. The van der Waals surface area contributed by atoms with Crippen molar-refractivity contribution >= 4 is 15.5 Å². The molecule has 0 unspecified atom stereocenters. The highest BCUT2D eigenvalue weighted by molar-refractivity contribution is 7.90.